The van der Waals surface area contributed by atoms with E-state index in [2.05, 4.69) is 10.4 Å². The average molecular weight is 212 g/mol. The van der Waals surface area contributed by atoms with Crippen molar-refractivity contribution in [2.45, 2.75) is 6.92 Å². The molecule has 0 aliphatic rings. The number of amides is 1. The number of rotatable bonds is 5. The number of anilines is 1. The molecular weight excluding hydrogens is 196 g/mol. The average Bonchev–Trinajstić information content (AvgIpc) is 2.45. The number of nitrogens with two attached hydrogens (primary N) is 1. The highest BCUT2D eigenvalue weighted by Gasteiger charge is 2.06. The third-order valence-electron chi connectivity index (χ3n) is 1.76. The summed E-state index contributed by atoms with van der Waals surface area (Å²) in [5.74, 6) is 0.459. The van der Waals surface area contributed by atoms with Gasteiger partial charge < -0.3 is 15.8 Å². The van der Waals surface area contributed by atoms with Crippen LogP contribution >= 0.6 is 0 Å². The first-order valence-corrected chi connectivity index (χ1v) is 4.72. The Morgan fingerprint density at radius 2 is 2.47 bits per heavy atom. The summed E-state index contributed by atoms with van der Waals surface area (Å²) in [7, 11) is 1.77. The molecule has 0 saturated heterocycles. The second kappa shape index (κ2) is 5.47. The number of carbonyl (C=O) groups excluding carboxylic acids is 1. The van der Waals surface area contributed by atoms with Gasteiger partial charge in [0.15, 0.2) is 0 Å². The molecule has 0 aliphatic carbocycles. The molecule has 15 heavy (non-hydrogen) atoms. The molecule has 0 aliphatic heterocycles. The highest BCUT2D eigenvalue weighted by Crippen LogP contribution is 2.07. The van der Waals surface area contributed by atoms with Gasteiger partial charge in [-0.15, -0.1) is 0 Å². The van der Waals surface area contributed by atoms with Crippen molar-refractivity contribution in [3.8, 4) is 0 Å². The molecule has 0 radical (unpaired) electrons. The fourth-order valence-corrected chi connectivity index (χ4v) is 1.15. The molecule has 84 valence electrons. The van der Waals surface area contributed by atoms with Crippen LogP contribution in [-0.2, 0) is 16.6 Å². The fourth-order valence-electron chi connectivity index (χ4n) is 1.15. The summed E-state index contributed by atoms with van der Waals surface area (Å²) in [4.78, 5) is 11.3. The Balaban J connectivity index is 2.41. The minimum atomic E-state index is -0.202. The lowest BCUT2D eigenvalue weighted by atomic mass is 10.4. The predicted octanol–water partition coefficient (Wildman–Crippen LogP) is -0.358. The maximum absolute atomic E-state index is 11.3. The largest absolute Gasteiger partial charge is 0.370 e. The Morgan fingerprint density at radius 3 is 3.00 bits per heavy atom. The third-order valence-corrected chi connectivity index (χ3v) is 1.76. The number of ether oxygens (including phenoxy) is 1. The Kier molecular flexibility index (Phi) is 4.26. The van der Waals surface area contributed by atoms with Crippen molar-refractivity contribution in [1.82, 2.24) is 9.78 Å². The van der Waals surface area contributed by atoms with E-state index in [0.29, 0.717) is 19.0 Å². The summed E-state index contributed by atoms with van der Waals surface area (Å²) < 4.78 is 6.60. The summed E-state index contributed by atoms with van der Waals surface area (Å²) in [6, 6.07) is 1.79. The van der Waals surface area contributed by atoms with Crippen LogP contribution in [0.3, 0.4) is 0 Å². The van der Waals surface area contributed by atoms with Gasteiger partial charge in [-0.3, -0.25) is 9.48 Å². The lowest BCUT2D eigenvalue weighted by molar-refractivity contribution is -0.120. The van der Waals surface area contributed by atoms with E-state index in [4.69, 9.17) is 10.5 Å². The molecule has 0 aromatic carbocycles. The van der Waals surface area contributed by atoms with Crippen LogP contribution in [0.15, 0.2) is 6.07 Å². The molecule has 0 bridgehead atoms. The van der Waals surface area contributed by atoms with Crippen LogP contribution in [0.2, 0.25) is 0 Å². The molecule has 3 N–H and O–H groups in total. The van der Waals surface area contributed by atoms with Gasteiger partial charge in [0.2, 0.25) is 0 Å². The van der Waals surface area contributed by atoms with Crippen LogP contribution in [0.25, 0.3) is 0 Å². The smallest absolute Gasteiger partial charge is 0.251 e. The van der Waals surface area contributed by atoms with E-state index in [-0.39, 0.29) is 12.5 Å². The molecular formula is C9H16N4O2. The van der Waals surface area contributed by atoms with Gasteiger partial charge in [-0.1, -0.05) is 0 Å². The summed E-state index contributed by atoms with van der Waals surface area (Å²) in [5, 5.41) is 6.79. The second-order valence-corrected chi connectivity index (χ2v) is 3.18. The minimum Gasteiger partial charge on any atom is -0.370 e. The standard InChI is InChI=1S/C9H16N4O2/c1-7-5-8(13(2)12-7)11-9(14)6-15-4-3-10/h5H,3-4,6,10H2,1-2H3,(H,11,14). The number of nitrogens with one attached hydrogen (secondary N) is 1. The Hall–Kier alpha value is -1.40. The zero-order chi connectivity index (χ0) is 11.3. The minimum absolute atomic E-state index is 0.0153. The van der Waals surface area contributed by atoms with E-state index in [1.54, 1.807) is 17.8 Å². The quantitative estimate of drug-likeness (QED) is 0.653. The molecule has 0 saturated carbocycles. The van der Waals surface area contributed by atoms with Crippen molar-refractivity contribution in [3.05, 3.63) is 11.8 Å². The van der Waals surface area contributed by atoms with Crippen molar-refractivity contribution in [2.75, 3.05) is 25.1 Å². The fraction of sp³-hybridized carbons (Fsp3) is 0.556. The van der Waals surface area contributed by atoms with Crippen LogP contribution in [0.5, 0.6) is 0 Å². The molecule has 0 atom stereocenters. The van der Waals surface area contributed by atoms with Gasteiger partial charge >= 0.3 is 0 Å². The molecule has 6 heteroatoms. The van der Waals surface area contributed by atoms with Gasteiger partial charge in [-0.05, 0) is 6.92 Å². The van der Waals surface area contributed by atoms with Crippen molar-refractivity contribution in [2.24, 2.45) is 12.8 Å². The van der Waals surface area contributed by atoms with Crippen LogP contribution < -0.4 is 11.1 Å². The Bertz CT molecular complexity index is 335. The van der Waals surface area contributed by atoms with E-state index in [9.17, 15) is 4.79 Å². The van der Waals surface area contributed by atoms with Gasteiger partial charge in [0.25, 0.3) is 5.91 Å². The summed E-state index contributed by atoms with van der Waals surface area (Å²) in [6.45, 7) is 2.68. The molecule has 1 aromatic rings. The zero-order valence-corrected chi connectivity index (χ0v) is 8.99. The van der Waals surface area contributed by atoms with E-state index < -0.39 is 0 Å². The molecule has 1 amide bonds. The van der Waals surface area contributed by atoms with Gasteiger partial charge in [-0.2, -0.15) is 5.10 Å². The number of aryl methyl sites for hydroxylation is 2. The summed E-state index contributed by atoms with van der Waals surface area (Å²) in [6.07, 6.45) is 0. The van der Waals surface area contributed by atoms with Gasteiger partial charge in [0, 0.05) is 19.7 Å². The van der Waals surface area contributed by atoms with Crippen molar-refractivity contribution >= 4 is 11.7 Å². The van der Waals surface area contributed by atoms with Gasteiger partial charge in [0.1, 0.15) is 12.4 Å². The number of aromatic nitrogens is 2. The normalized spacial score (nSPS) is 10.3. The van der Waals surface area contributed by atoms with Crippen LogP contribution in [0.1, 0.15) is 5.69 Å². The third kappa shape index (κ3) is 3.69. The second-order valence-electron chi connectivity index (χ2n) is 3.18. The van der Waals surface area contributed by atoms with Gasteiger partial charge in [0.05, 0.1) is 12.3 Å². The van der Waals surface area contributed by atoms with E-state index in [1.165, 1.54) is 0 Å². The molecule has 1 rings (SSSR count). The number of carbonyl (C=O) groups is 1. The SMILES string of the molecule is Cc1cc(NC(=O)COCCN)n(C)n1. The molecule has 1 heterocycles. The van der Waals surface area contributed by atoms with Crippen molar-refractivity contribution in [1.29, 1.82) is 0 Å². The molecule has 6 nitrogen and oxygen atoms in total. The van der Waals surface area contributed by atoms with Gasteiger partial charge in [-0.25, -0.2) is 0 Å². The zero-order valence-electron chi connectivity index (χ0n) is 8.99. The monoisotopic (exact) mass is 212 g/mol. The van der Waals surface area contributed by atoms with Crippen LogP contribution in [0, 0.1) is 6.92 Å². The summed E-state index contributed by atoms with van der Waals surface area (Å²) >= 11 is 0. The molecule has 0 spiro atoms. The number of hydrogen-bond acceptors (Lipinski definition) is 4. The topological polar surface area (TPSA) is 82.2 Å². The lowest BCUT2D eigenvalue weighted by Crippen LogP contribution is -2.21. The first-order chi connectivity index (χ1) is 7.13. The molecule has 0 unspecified atom stereocenters. The highest BCUT2D eigenvalue weighted by molar-refractivity contribution is 5.90. The molecule has 0 fully saturated rings. The van der Waals surface area contributed by atoms with E-state index in [1.807, 2.05) is 6.92 Å². The first kappa shape index (κ1) is 11.7. The number of hydrogen-bond donors (Lipinski definition) is 2. The highest BCUT2D eigenvalue weighted by atomic mass is 16.5. The van der Waals surface area contributed by atoms with Crippen LogP contribution in [-0.4, -0.2) is 35.4 Å². The van der Waals surface area contributed by atoms with Crippen LogP contribution in [0.4, 0.5) is 5.82 Å². The number of nitrogens with zero attached hydrogens (tertiary/aromatic N) is 2. The summed E-state index contributed by atoms with van der Waals surface area (Å²) in [5.41, 5.74) is 6.08. The van der Waals surface area contributed by atoms with E-state index in [0.717, 1.165) is 5.69 Å². The van der Waals surface area contributed by atoms with E-state index >= 15 is 0 Å². The Morgan fingerprint density at radius 1 is 1.73 bits per heavy atom. The first-order valence-electron chi connectivity index (χ1n) is 4.72. The lowest BCUT2D eigenvalue weighted by Gasteiger charge is -2.05. The van der Waals surface area contributed by atoms with Crippen molar-refractivity contribution < 1.29 is 9.53 Å². The molecule has 1 aromatic heterocycles. The maximum atomic E-state index is 11.3. The van der Waals surface area contributed by atoms with Crippen molar-refractivity contribution in [3.63, 3.8) is 0 Å². The Labute approximate surface area is 88.4 Å². The predicted molar refractivity (Wildman–Crippen MR) is 56.4 cm³/mol. The maximum Gasteiger partial charge on any atom is 0.251 e.